The minimum Gasteiger partial charge on any atom is -0.444 e. The lowest BCUT2D eigenvalue weighted by Gasteiger charge is -2.36. The van der Waals surface area contributed by atoms with E-state index in [1.54, 1.807) is 17.0 Å². The van der Waals surface area contributed by atoms with Gasteiger partial charge in [0.1, 0.15) is 11.4 Å². The summed E-state index contributed by atoms with van der Waals surface area (Å²) in [6.45, 7) is 8.28. The molecule has 0 atom stereocenters. The van der Waals surface area contributed by atoms with Crippen molar-refractivity contribution in [2.75, 3.05) is 37.6 Å². The maximum absolute atomic E-state index is 14.2. The lowest BCUT2D eigenvalue weighted by atomic mass is 10.1. The van der Waals surface area contributed by atoms with Crippen molar-refractivity contribution in [3.05, 3.63) is 29.6 Å². The van der Waals surface area contributed by atoms with E-state index in [4.69, 9.17) is 10.5 Å². The number of carbonyl (C=O) groups is 1. The smallest absolute Gasteiger partial charge is 0.410 e. The van der Waals surface area contributed by atoms with E-state index in [9.17, 15) is 9.18 Å². The summed E-state index contributed by atoms with van der Waals surface area (Å²) in [5.41, 5.74) is 6.48. The molecule has 1 amide bonds. The van der Waals surface area contributed by atoms with Crippen molar-refractivity contribution in [1.29, 1.82) is 0 Å². The van der Waals surface area contributed by atoms with Crippen LogP contribution in [-0.4, -0.2) is 49.3 Å². The highest BCUT2D eigenvalue weighted by atomic mass is 19.1. The first-order valence-electron chi connectivity index (χ1n) is 8.01. The Kier molecular flexibility index (Phi) is 5.46. The van der Waals surface area contributed by atoms with Crippen molar-refractivity contribution in [2.45, 2.75) is 32.8 Å². The number of halogens is 1. The van der Waals surface area contributed by atoms with Crippen LogP contribution in [0, 0.1) is 5.82 Å². The Balaban J connectivity index is 1.95. The molecular formula is C17H26FN3O2. The lowest BCUT2D eigenvalue weighted by Crippen LogP contribution is -2.50. The monoisotopic (exact) mass is 323 g/mol. The second-order valence-corrected chi connectivity index (χ2v) is 6.78. The minimum atomic E-state index is -0.501. The second kappa shape index (κ2) is 7.17. The number of hydrogen-bond donors (Lipinski definition) is 1. The Bertz CT molecular complexity index is 549. The third kappa shape index (κ3) is 4.82. The zero-order valence-electron chi connectivity index (χ0n) is 14.1. The summed E-state index contributed by atoms with van der Waals surface area (Å²) in [5, 5.41) is 0. The third-order valence-electron chi connectivity index (χ3n) is 3.72. The number of hydrogen-bond acceptors (Lipinski definition) is 4. The fraction of sp³-hybridized carbons (Fsp3) is 0.588. The van der Waals surface area contributed by atoms with Crippen molar-refractivity contribution in [2.24, 2.45) is 5.73 Å². The van der Waals surface area contributed by atoms with E-state index in [0.717, 1.165) is 5.56 Å². The summed E-state index contributed by atoms with van der Waals surface area (Å²) in [6, 6.07) is 5.25. The van der Waals surface area contributed by atoms with E-state index in [-0.39, 0.29) is 11.9 Å². The van der Waals surface area contributed by atoms with Gasteiger partial charge in [0.05, 0.1) is 5.69 Å². The molecule has 0 spiro atoms. The van der Waals surface area contributed by atoms with Crippen LogP contribution in [0.3, 0.4) is 0 Å². The minimum absolute atomic E-state index is 0.235. The van der Waals surface area contributed by atoms with Gasteiger partial charge >= 0.3 is 6.09 Å². The van der Waals surface area contributed by atoms with Gasteiger partial charge in [-0.05, 0) is 51.4 Å². The molecule has 23 heavy (non-hydrogen) atoms. The molecule has 0 aliphatic carbocycles. The predicted molar refractivity (Wildman–Crippen MR) is 89.2 cm³/mol. The zero-order chi connectivity index (χ0) is 17.0. The van der Waals surface area contributed by atoms with E-state index >= 15 is 0 Å². The van der Waals surface area contributed by atoms with Crippen LogP contribution in [0.1, 0.15) is 26.3 Å². The van der Waals surface area contributed by atoms with Crippen molar-refractivity contribution < 1.29 is 13.9 Å². The molecule has 128 valence electrons. The van der Waals surface area contributed by atoms with Gasteiger partial charge in [-0.25, -0.2) is 9.18 Å². The van der Waals surface area contributed by atoms with Crippen molar-refractivity contribution in [1.82, 2.24) is 4.90 Å². The van der Waals surface area contributed by atoms with Gasteiger partial charge in [-0.3, -0.25) is 0 Å². The van der Waals surface area contributed by atoms with E-state index in [2.05, 4.69) is 0 Å². The first kappa shape index (κ1) is 17.5. The third-order valence-corrected chi connectivity index (χ3v) is 3.72. The molecule has 2 rings (SSSR count). The SMILES string of the molecule is CC(C)(C)OC(=O)N1CCN(c2ccc(CCN)cc2F)CC1. The molecule has 1 heterocycles. The predicted octanol–water partition coefficient (Wildman–Crippen LogP) is 2.38. The largest absolute Gasteiger partial charge is 0.444 e. The highest BCUT2D eigenvalue weighted by Crippen LogP contribution is 2.22. The Morgan fingerprint density at radius 1 is 1.26 bits per heavy atom. The number of piperazine rings is 1. The van der Waals surface area contributed by atoms with Crippen LogP contribution in [0.4, 0.5) is 14.9 Å². The number of nitrogens with two attached hydrogens (primary N) is 1. The molecule has 5 nitrogen and oxygen atoms in total. The van der Waals surface area contributed by atoms with Crippen LogP contribution >= 0.6 is 0 Å². The molecule has 0 unspecified atom stereocenters. The first-order chi connectivity index (χ1) is 10.8. The molecule has 1 aromatic carbocycles. The molecular weight excluding hydrogens is 297 g/mol. The standard InChI is InChI=1S/C17H26FN3O2/c1-17(2,3)23-16(22)21-10-8-20(9-11-21)15-5-4-13(6-7-19)12-14(15)18/h4-5,12H,6-11,19H2,1-3H3. The van der Waals surface area contributed by atoms with E-state index in [1.165, 1.54) is 0 Å². The van der Waals surface area contributed by atoms with Crippen molar-refractivity contribution in [3.63, 3.8) is 0 Å². The van der Waals surface area contributed by atoms with Crippen LogP contribution in [-0.2, 0) is 11.2 Å². The van der Waals surface area contributed by atoms with Crippen LogP contribution in [0.15, 0.2) is 18.2 Å². The summed E-state index contributed by atoms with van der Waals surface area (Å²) in [6.07, 6.45) is 0.361. The molecule has 1 saturated heterocycles. The number of benzene rings is 1. The highest BCUT2D eigenvalue weighted by molar-refractivity contribution is 5.68. The molecule has 1 aliphatic rings. The number of rotatable bonds is 3. The Morgan fingerprint density at radius 2 is 1.91 bits per heavy atom. The Morgan fingerprint density at radius 3 is 2.43 bits per heavy atom. The molecule has 0 saturated carbocycles. The Hall–Kier alpha value is -1.82. The van der Waals surface area contributed by atoms with Gasteiger partial charge < -0.3 is 20.3 Å². The number of carbonyl (C=O) groups excluding carboxylic acids is 1. The van der Waals surface area contributed by atoms with Gasteiger partial charge in [0.2, 0.25) is 0 Å². The number of anilines is 1. The number of ether oxygens (including phenoxy) is 1. The van der Waals surface area contributed by atoms with Gasteiger partial charge in [0.25, 0.3) is 0 Å². The van der Waals surface area contributed by atoms with E-state index in [1.807, 2.05) is 31.7 Å². The van der Waals surface area contributed by atoms with Crippen LogP contribution < -0.4 is 10.6 Å². The lowest BCUT2D eigenvalue weighted by molar-refractivity contribution is 0.0240. The molecule has 1 aliphatic heterocycles. The molecule has 0 bridgehead atoms. The van der Waals surface area contributed by atoms with Crippen LogP contribution in [0.2, 0.25) is 0 Å². The van der Waals surface area contributed by atoms with Gasteiger partial charge in [-0.2, -0.15) is 0 Å². The molecule has 2 N–H and O–H groups in total. The van der Waals surface area contributed by atoms with Gasteiger partial charge in [0, 0.05) is 26.2 Å². The first-order valence-corrected chi connectivity index (χ1v) is 8.01. The molecule has 0 radical (unpaired) electrons. The normalized spacial score (nSPS) is 15.7. The van der Waals surface area contributed by atoms with E-state index < -0.39 is 5.60 Å². The van der Waals surface area contributed by atoms with Gasteiger partial charge in [-0.15, -0.1) is 0 Å². The molecule has 1 fully saturated rings. The summed E-state index contributed by atoms with van der Waals surface area (Å²) < 4.78 is 19.6. The summed E-state index contributed by atoms with van der Waals surface area (Å²) >= 11 is 0. The van der Waals surface area contributed by atoms with Crippen molar-refractivity contribution in [3.8, 4) is 0 Å². The summed E-state index contributed by atoms with van der Waals surface area (Å²) in [7, 11) is 0. The average molecular weight is 323 g/mol. The summed E-state index contributed by atoms with van der Waals surface area (Å²) in [5.74, 6) is -0.235. The maximum atomic E-state index is 14.2. The van der Waals surface area contributed by atoms with Gasteiger partial charge in [0.15, 0.2) is 0 Å². The topological polar surface area (TPSA) is 58.8 Å². The number of nitrogens with zero attached hydrogens (tertiary/aromatic N) is 2. The fourth-order valence-electron chi connectivity index (χ4n) is 2.59. The fourth-order valence-corrected chi connectivity index (χ4v) is 2.59. The molecule has 6 heteroatoms. The second-order valence-electron chi connectivity index (χ2n) is 6.78. The van der Waals surface area contributed by atoms with Crippen LogP contribution in [0.25, 0.3) is 0 Å². The summed E-state index contributed by atoms with van der Waals surface area (Å²) in [4.78, 5) is 15.7. The maximum Gasteiger partial charge on any atom is 0.410 e. The van der Waals surface area contributed by atoms with E-state index in [0.29, 0.717) is 44.8 Å². The average Bonchev–Trinajstić information content (AvgIpc) is 2.46. The zero-order valence-corrected chi connectivity index (χ0v) is 14.1. The Labute approximate surface area is 137 Å². The molecule has 0 aromatic heterocycles. The number of amides is 1. The van der Waals surface area contributed by atoms with Crippen LogP contribution in [0.5, 0.6) is 0 Å². The van der Waals surface area contributed by atoms with Crippen molar-refractivity contribution >= 4 is 11.8 Å². The van der Waals surface area contributed by atoms with Gasteiger partial charge in [-0.1, -0.05) is 6.07 Å². The quantitative estimate of drug-likeness (QED) is 0.928. The highest BCUT2D eigenvalue weighted by Gasteiger charge is 2.26. The molecule has 1 aromatic rings.